The smallest absolute Gasteiger partial charge is 0.328 e. The number of methoxy groups -OCH3 is 1. The molecule has 1 N–H and O–H groups in total. The first kappa shape index (κ1) is 13.4. The first-order valence-electron chi connectivity index (χ1n) is 4.40. The Kier molecular flexibility index (Phi) is 4.38. The summed E-state index contributed by atoms with van der Waals surface area (Å²) in [6.45, 7) is -0.279. The second-order valence-corrected chi connectivity index (χ2v) is 3.80. The van der Waals surface area contributed by atoms with Gasteiger partial charge in [-0.05, 0) is 28.1 Å². The number of carbonyl (C=O) groups excluding carboxylic acids is 1. The maximum Gasteiger partial charge on any atom is 0.328 e. The van der Waals surface area contributed by atoms with E-state index in [4.69, 9.17) is 0 Å². The topological polar surface area (TPSA) is 81.5 Å². The van der Waals surface area contributed by atoms with Crippen LogP contribution in [0.2, 0.25) is 0 Å². The van der Waals surface area contributed by atoms with E-state index in [1.54, 1.807) is 0 Å². The predicted molar refractivity (Wildman–Crippen MR) is 61.3 cm³/mol. The minimum Gasteiger partial charge on any atom is -0.468 e. The number of nitro benzene ring substituents is 1. The van der Waals surface area contributed by atoms with E-state index in [0.717, 1.165) is 0 Å². The van der Waals surface area contributed by atoms with Gasteiger partial charge in [0.25, 0.3) is 0 Å². The van der Waals surface area contributed by atoms with E-state index in [0.29, 0.717) is 0 Å². The van der Waals surface area contributed by atoms with Gasteiger partial charge in [0, 0.05) is 0 Å². The minimum absolute atomic E-state index is 0.0205. The molecule has 6 nitrogen and oxygen atoms in total. The van der Waals surface area contributed by atoms with Crippen LogP contribution in [-0.4, -0.2) is 24.5 Å². The number of anilines is 1. The summed E-state index contributed by atoms with van der Waals surface area (Å²) < 4.78 is 17.8. The maximum atomic E-state index is 13.5. The summed E-state index contributed by atoms with van der Waals surface area (Å²) in [5.41, 5.74) is -0.802. The molecule has 0 fully saturated rings. The molecule has 0 heterocycles. The van der Waals surface area contributed by atoms with Crippen molar-refractivity contribution < 1.29 is 18.8 Å². The molecule has 0 saturated heterocycles. The standard InChI is InChI=1S/C9H8BrFN2O4/c1-17-7(14)4-12-6-3-2-5(10)8(11)9(6)13(15)16/h2-3,12H,4H2,1H3. The van der Waals surface area contributed by atoms with Gasteiger partial charge in [-0.25, -0.2) is 0 Å². The third kappa shape index (κ3) is 3.13. The summed E-state index contributed by atoms with van der Waals surface area (Å²) in [5, 5.41) is 13.1. The molecule has 8 heteroatoms. The van der Waals surface area contributed by atoms with Crippen molar-refractivity contribution in [3.63, 3.8) is 0 Å². The van der Waals surface area contributed by atoms with Crippen molar-refractivity contribution in [2.24, 2.45) is 0 Å². The largest absolute Gasteiger partial charge is 0.468 e. The van der Waals surface area contributed by atoms with Gasteiger partial charge in [0.2, 0.25) is 5.82 Å². The molecule has 17 heavy (non-hydrogen) atoms. The highest BCUT2D eigenvalue weighted by Crippen LogP contribution is 2.32. The third-order valence-corrected chi connectivity index (χ3v) is 2.51. The van der Waals surface area contributed by atoms with E-state index in [2.05, 4.69) is 26.0 Å². The zero-order valence-corrected chi connectivity index (χ0v) is 10.3. The van der Waals surface area contributed by atoms with Crippen molar-refractivity contribution in [2.45, 2.75) is 0 Å². The fourth-order valence-corrected chi connectivity index (χ4v) is 1.42. The lowest BCUT2D eigenvalue weighted by Gasteiger charge is -2.07. The van der Waals surface area contributed by atoms with Gasteiger partial charge in [-0.2, -0.15) is 4.39 Å². The van der Waals surface area contributed by atoms with Gasteiger partial charge in [0.15, 0.2) is 0 Å². The van der Waals surface area contributed by atoms with Crippen LogP contribution in [0, 0.1) is 15.9 Å². The summed E-state index contributed by atoms with van der Waals surface area (Å²) in [5.74, 6) is -1.60. The molecule has 0 bridgehead atoms. The molecule has 0 aliphatic carbocycles. The van der Waals surface area contributed by atoms with Gasteiger partial charge in [-0.3, -0.25) is 14.9 Å². The average Bonchev–Trinajstić information content (AvgIpc) is 2.29. The van der Waals surface area contributed by atoms with E-state index >= 15 is 0 Å². The van der Waals surface area contributed by atoms with Crippen molar-refractivity contribution in [1.29, 1.82) is 0 Å². The first-order valence-corrected chi connectivity index (χ1v) is 5.19. The van der Waals surface area contributed by atoms with Crippen molar-refractivity contribution in [3.05, 3.63) is 32.5 Å². The van der Waals surface area contributed by atoms with Crippen LogP contribution in [0.3, 0.4) is 0 Å². The zero-order chi connectivity index (χ0) is 13.0. The number of rotatable bonds is 4. The maximum absolute atomic E-state index is 13.5. The third-order valence-electron chi connectivity index (χ3n) is 1.90. The molecule has 1 aromatic carbocycles. The van der Waals surface area contributed by atoms with Crippen molar-refractivity contribution >= 4 is 33.3 Å². The van der Waals surface area contributed by atoms with Gasteiger partial charge < -0.3 is 10.1 Å². The normalized spacial score (nSPS) is 9.82. The van der Waals surface area contributed by atoms with Crippen LogP contribution in [0.4, 0.5) is 15.8 Å². The molecule has 0 aliphatic rings. The molecule has 0 spiro atoms. The summed E-state index contributed by atoms with van der Waals surface area (Å²) in [6.07, 6.45) is 0. The molecule has 0 aromatic heterocycles. The number of halogens is 2. The van der Waals surface area contributed by atoms with Crippen LogP contribution >= 0.6 is 15.9 Å². The van der Waals surface area contributed by atoms with Crippen LogP contribution in [0.15, 0.2) is 16.6 Å². The van der Waals surface area contributed by atoms with E-state index in [1.807, 2.05) is 0 Å². The Morgan fingerprint density at radius 1 is 1.65 bits per heavy atom. The summed E-state index contributed by atoms with van der Waals surface area (Å²) in [4.78, 5) is 20.7. The SMILES string of the molecule is COC(=O)CNc1ccc(Br)c(F)c1[N+](=O)[O-]. The lowest BCUT2D eigenvalue weighted by molar-refractivity contribution is -0.386. The number of hydrogen-bond acceptors (Lipinski definition) is 5. The Morgan fingerprint density at radius 3 is 2.82 bits per heavy atom. The van der Waals surface area contributed by atoms with E-state index < -0.39 is 22.4 Å². The first-order chi connectivity index (χ1) is 7.97. The second kappa shape index (κ2) is 5.58. The predicted octanol–water partition coefficient (Wildman–Crippen LogP) is 2.08. The minimum atomic E-state index is -0.995. The van der Waals surface area contributed by atoms with Gasteiger partial charge in [-0.1, -0.05) is 0 Å². The van der Waals surface area contributed by atoms with Crippen molar-refractivity contribution in [3.8, 4) is 0 Å². The number of esters is 1. The number of nitrogens with zero attached hydrogens (tertiary/aromatic N) is 1. The van der Waals surface area contributed by atoms with Gasteiger partial charge in [0.1, 0.15) is 12.2 Å². The molecule has 92 valence electrons. The highest BCUT2D eigenvalue weighted by Gasteiger charge is 2.23. The van der Waals surface area contributed by atoms with Crippen LogP contribution in [0.1, 0.15) is 0 Å². The highest BCUT2D eigenvalue weighted by molar-refractivity contribution is 9.10. The zero-order valence-electron chi connectivity index (χ0n) is 8.70. The molecular weight excluding hydrogens is 299 g/mol. The Hall–Kier alpha value is -1.70. The number of hydrogen-bond donors (Lipinski definition) is 1. The summed E-state index contributed by atoms with van der Waals surface area (Å²) >= 11 is 2.84. The van der Waals surface area contributed by atoms with E-state index in [-0.39, 0.29) is 16.7 Å². The molecule has 0 unspecified atom stereocenters. The van der Waals surface area contributed by atoms with Crippen LogP contribution in [-0.2, 0) is 9.53 Å². The number of carbonyl (C=O) groups is 1. The van der Waals surface area contributed by atoms with Gasteiger partial charge in [0.05, 0.1) is 16.5 Å². The van der Waals surface area contributed by atoms with Gasteiger partial charge >= 0.3 is 11.7 Å². The fourth-order valence-electron chi connectivity index (χ4n) is 1.10. The number of nitro groups is 1. The van der Waals surface area contributed by atoms with E-state index in [1.165, 1.54) is 19.2 Å². The van der Waals surface area contributed by atoms with Crippen LogP contribution in [0.5, 0.6) is 0 Å². The van der Waals surface area contributed by atoms with Crippen molar-refractivity contribution in [2.75, 3.05) is 19.0 Å². The lowest BCUT2D eigenvalue weighted by Crippen LogP contribution is -2.16. The highest BCUT2D eigenvalue weighted by atomic mass is 79.9. The molecule has 0 amide bonds. The van der Waals surface area contributed by atoms with E-state index in [9.17, 15) is 19.3 Å². The van der Waals surface area contributed by atoms with Gasteiger partial charge in [-0.15, -0.1) is 0 Å². The molecule has 1 aromatic rings. The molecule has 1 rings (SSSR count). The quantitative estimate of drug-likeness (QED) is 0.523. The molecule has 0 saturated carbocycles. The molecule has 0 radical (unpaired) electrons. The Bertz CT molecular complexity index is 467. The van der Waals surface area contributed by atoms with Crippen molar-refractivity contribution in [1.82, 2.24) is 0 Å². The summed E-state index contributed by atoms with van der Waals surface area (Å²) in [7, 11) is 1.18. The lowest BCUT2D eigenvalue weighted by atomic mass is 10.2. The molecule has 0 aliphatic heterocycles. The molecular formula is C9H8BrFN2O4. The summed E-state index contributed by atoms with van der Waals surface area (Å²) in [6, 6.07) is 2.61. The average molecular weight is 307 g/mol. The fraction of sp³-hybridized carbons (Fsp3) is 0.222. The second-order valence-electron chi connectivity index (χ2n) is 2.94. The number of nitrogens with one attached hydrogen (secondary N) is 1. The van der Waals surface area contributed by atoms with Crippen LogP contribution in [0.25, 0.3) is 0 Å². The molecule has 0 atom stereocenters. The monoisotopic (exact) mass is 306 g/mol. The Balaban J connectivity index is 3.03. The number of benzene rings is 1. The van der Waals surface area contributed by atoms with Crippen LogP contribution < -0.4 is 5.32 Å². The Labute approximate surface area is 104 Å². The number of ether oxygens (including phenoxy) is 1. The Morgan fingerprint density at radius 2 is 2.29 bits per heavy atom.